The Kier molecular flexibility index (Phi) is 4.42. The summed E-state index contributed by atoms with van der Waals surface area (Å²) in [5, 5.41) is 2.90. The van der Waals surface area contributed by atoms with Crippen molar-refractivity contribution in [3.8, 4) is 0 Å². The van der Waals surface area contributed by atoms with Gasteiger partial charge >= 0.3 is 0 Å². The highest BCUT2D eigenvalue weighted by Crippen LogP contribution is 2.21. The van der Waals surface area contributed by atoms with Crippen molar-refractivity contribution in [1.82, 2.24) is 0 Å². The molecule has 1 N–H and O–H groups in total. The summed E-state index contributed by atoms with van der Waals surface area (Å²) in [5.41, 5.74) is 3.58. The van der Waals surface area contributed by atoms with Crippen LogP contribution in [0, 0.1) is 13.8 Å². The molecule has 2 aromatic carbocycles. The van der Waals surface area contributed by atoms with Gasteiger partial charge < -0.3 is 5.32 Å². The number of benzene rings is 2. The fraction of sp³-hybridized carbons (Fsp3) is 0.133. The summed E-state index contributed by atoms with van der Waals surface area (Å²) < 4.78 is 2.04. The third kappa shape index (κ3) is 3.45. The van der Waals surface area contributed by atoms with Crippen LogP contribution >= 0.6 is 31.9 Å². The quantitative estimate of drug-likeness (QED) is 0.770. The van der Waals surface area contributed by atoms with Gasteiger partial charge in [0.2, 0.25) is 0 Å². The van der Waals surface area contributed by atoms with E-state index in [1.54, 1.807) is 6.07 Å². The first-order chi connectivity index (χ1) is 8.97. The molecule has 0 aliphatic heterocycles. The third-order valence-electron chi connectivity index (χ3n) is 2.84. The van der Waals surface area contributed by atoms with Crippen molar-refractivity contribution < 1.29 is 4.79 Å². The topological polar surface area (TPSA) is 29.1 Å². The molecule has 1 amide bonds. The molecule has 19 heavy (non-hydrogen) atoms. The van der Waals surface area contributed by atoms with E-state index in [1.165, 1.54) is 0 Å². The molecule has 0 unspecified atom stereocenters. The Hall–Kier alpha value is -1.13. The normalized spacial score (nSPS) is 10.3. The Morgan fingerprint density at radius 1 is 0.947 bits per heavy atom. The number of carbonyl (C=O) groups is 1. The molecule has 0 saturated carbocycles. The lowest BCUT2D eigenvalue weighted by atomic mass is 10.1. The summed E-state index contributed by atoms with van der Waals surface area (Å²) in [6, 6.07) is 11.3. The minimum Gasteiger partial charge on any atom is -0.322 e. The van der Waals surface area contributed by atoms with Gasteiger partial charge in [-0.2, -0.15) is 0 Å². The zero-order valence-corrected chi connectivity index (χ0v) is 13.8. The highest BCUT2D eigenvalue weighted by atomic mass is 79.9. The summed E-state index contributed by atoms with van der Waals surface area (Å²) in [6.07, 6.45) is 0. The molecule has 0 fully saturated rings. The number of anilines is 1. The van der Waals surface area contributed by atoms with Crippen molar-refractivity contribution in [3.63, 3.8) is 0 Å². The van der Waals surface area contributed by atoms with E-state index >= 15 is 0 Å². The molecule has 98 valence electrons. The van der Waals surface area contributed by atoms with Gasteiger partial charge in [0.25, 0.3) is 5.91 Å². The second kappa shape index (κ2) is 5.88. The number of halogens is 2. The Labute approximate surface area is 129 Å². The Balaban J connectivity index is 2.20. The highest BCUT2D eigenvalue weighted by molar-refractivity contribution is 9.10. The lowest BCUT2D eigenvalue weighted by molar-refractivity contribution is 0.102. The van der Waals surface area contributed by atoms with E-state index in [4.69, 9.17) is 0 Å². The fourth-order valence-corrected chi connectivity index (χ4v) is 2.20. The molecule has 0 heterocycles. The molecule has 2 rings (SSSR count). The van der Waals surface area contributed by atoms with Gasteiger partial charge in [-0.3, -0.25) is 4.79 Å². The molecule has 0 atom stereocenters. The Bertz CT molecular complexity index is 638. The van der Waals surface area contributed by atoms with Crippen LogP contribution in [0.1, 0.15) is 21.5 Å². The number of amides is 1. The second-order valence-electron chi connectivity index (χ2n) is 4.38. The van der Waals surface area contributed by atoms with Crippen LogP contribution in [-0.2, 0) is 0 Å². The minimum absolute atomic E-state index is 0.0997. The average molecular weight is 383 g/mol. The van der Waals surface area contributed by atoms with E-state index in [0.717, 1.165) is 25.8 Å². The smallest absolute Gasteiger partial charge is 0.255 e. The SMILES string of the molecule is Cc1cc(NC(=O)c2ccc(Br)c(C)c2)ccc1Br. The van der Waals surface area contributed by atoms with Crippen LogP contribution in [-0.4, -0.2) is 5.91 Å². The standard InChI is InChI=1S/C15H13Br2NO/c1-9-7-11(3-5-13(9)16)15(19)18-12-4-6-14(17)10(2)8-12/h3-8H,1-2H3,(H,18,19). The van der Waals surface area contributed by atoms with Gasteiger partial charge in [0.05, 0.1) is 0 Å². The van der Waals surface area contributed by atoms with Crippen molar-refractivity contribution in [2.75, 3.05) is 5.32 Å². The number of nitrogens with one attached hydrogen (secondary N) is 1. The Morgan fingerprint density at radius 3 is 2.11 bits per heavy atom. The maximum Gasteiger partial charge on any atom is 0.255 e. The van der Waals surface area contributed by atoms with Gasteiger partial charge in [-0.1, -0.05) is 31.9 Å². The summed E-state index contributed by atoms with van der Waals surface area (Å²) in [7, 11) is 0. The van der Waals surface area contributed by atoms with Crippen LogP contribution in [0.25, 0.3) is 0 Å². The number of hydrogen-bond acceptors (Lipinski definition) is 1. The largest absolute Gasteiger partial charge is 0.322 e. The summed E-state index contributed by atoms with van der Waals surface area (Å²) in [6.45, 7) is 3.95. The van der Waals surface area contributed by atoms with Crippen LogP contribution in [0.5, 0.6) is 0 Å². The van der Waals surface area contributed by atoms with Crippen LogP contribution in [0.3, 0.4) is 0 Å². The van der Waals surface area contributed by atoms with Gasteiger partial charge in [-0.25, -0.2) is 0 Å². The fourth-order valence-electron chi connectivity index (χ4n) is 1.71. The van der Waals surface area contributed by atoms with Gasteiger partial charge in [-0.05, 0) is 61.4 Å². The molecule has 0 aromatic heterocycles. The summed E-state index contributed by atoms with van der Waals surface area (Å²) in [4.78, 5) is 12.1. The van der Waals surface area contributed by atoms with Crippen molar-refractivity contribution >= 4 is 43.5 Å². The van der Waals surface area contributed by atoms with E-state index in [9.17, 15) is 4.79 Å². The van der Waals surface area contributed by atoms with Crippen LogP contribution in [0.15, 0.2) is 45.3 Å². The molecule has 0 spiro atoms. The van der Waals surface area contributed by atoms with E-state index < -0.39 is 0 Å². The molecule has 0 saturated heterocycles. The monoisotopic (exact) mass is 381 g/mol. The van der Waals surface area contributed by atoms with E-state index in [-0.39, 0.29) is 5.91 Å². The third-order valence-corrected chi connectivity index (χ3v) is 4.62. The number of hydrogen-bond donors (Lipinski definition) is 1. The van der Waals surface area contributed by atoms with E-state index in [1.807, 2.05) is 44.2 Å². The molecule has 0 bridgehead atoms. The number of rotatable bonds is 2. The second-order valence-corrected chi connectivity index (χ2v) is 6.09. The van der Waals surface area contributed by atoms with Gasteiger partial charge in [0.15, 0.2) is 0 Å². The molecule has 2 nitrogen and oxygen atoms in total. The zero-order chi connectivity index (χ0) is 14.0. The first kappa shape index (κ1) is 14.3. The predicted molar refractivity (Wildman–Crippen MR) is 85.7 cm³/mol. The van der Waals surface area contributed by atoms with Crippen molar-refractivity contribution in [1.29, 1.82) is 0 Å². The molecular weight excluding hydrogens is 370 g/mol. The first-order valence-electron chi connectivity index (χ1n) is 5.81. The predicted octanol–water partition coefficient (Wildman–Crippen LogP) is 5.08. The molecule has 2 aromatic rings. The lowest BCUT2D eigenvalue weighted by Crippen LogP contribution is -2.12. The van der Waals surface area contributed by atoms with Gasteiger partial charge in [-0.15, -0.1) is 0 Å². The van der Waals surface area contributed by atoms with Crippen molar-refractivity contribution in [3.05, 3.63) is 62.0 Å². The highest BCUT2D eigenvalue weighted by Gasteiger charge is 2.08. The van der Waals surface area contributed by atoms with Crippen LogP contribution in [0.2, 0.25) is 0 Å². The molecule has 0 aliphatic carbocycles. The number of aryl methyl sites for hydroxylation is 2. The van der Waals surface area contributed by atoms with E-state index in [2.05, 4.69) is 37.2 Å². The lowest BCUT2D eigenvalue weighted by Gasteiger charge is -2.08. The van der Waals surface area contributed by atoms with Gasteiger partial charge in [0, 0.05) is 20.2 Å². The molecule has 4 heteroatoms. The van der Waals surface area contributed by atoms with E-state index in [0.29, 0.717) is 5.56 Å². The average Bonchev–Trinajstić information content (AvgIpc) is 2.37. The van der Waals surface area contributed by atoms with Crippen LogP contribution in [0.4, 0.5) is 5.69 Å². The van der Waals surface area contributed by atoms with Gasteiger partial charge in [0.1, 0.15) is 0 Å². The first-order valence-corrected chi connectivity index (χ1v) is 7.39. The van der Waals surface area contributed by atoms with Crippen molar-refractivity contribution in [2.45, 2.75) is 13.8 Å². The minimum atomic E-state index is -0.0997. The summed E-state index contributed by atoms with van der Waals surface area (Å²) in [5.74, 6) is -0.0997. The molecule has 0 aliphatic rings. The maximum atomic E-state index is 12.1. The molecular formula is C15H13Br2NO. The van der Waals surface area contributed by atoms with Crippen LogP contribution < -0.4 is 5.32 Å². The Morgan fingerprint density at radius 2 is 1.53 bits per heavy atom. The maximum absolute atomic E-state index is 12.1. The summed E-state index contributed by atoms with van der Waals surface area (Å²) >= 11 is 6.87. The number of carbonyl (C=O) groups excluding carboxylic acids is 1. The zero-order valence-electron chi connectivity index (χ0n) is 10.6. The molecule has 0 radical (unpaired) electrons. The van der Waals surface area contributed by atoms with Crippen molar-refractivity contribution in [2.24, 2.45) is 0 Å².